The predicted octanol–water partition coefficient (Wildman–Crippen LogP) is 0.320. The normalized spacial score (nSPS) is 10.9. The molecule has 135 valence electrons. The maximum atomic E-state index is 12.7. The van der Waals surface area contributed by atoms with Crippen molar-refractivity contribution in [1.29, 1.82) is 0 Å². The maximum Gasteiger partial charge on any atom is 0.262 e. The van der Waals surface area contributed by atoms with Crippen LogP contribution in [-0.4, -0.2) is 77.9 Å². The fraction of sp³-hybridized carbons (Fsp3) is 0.0588. The zero-order valence-electron chi connectivity index (χ0n) is 14.5. The van der Waals surface area contributed by atoms with E-state index in [4.69, 9.17) is 4.74 Å². The number of para-hydroxylation sites is 2. The summed E-state index contributed by atoms with van der Waals surface area (Å²) in [5.41, 5.74) is -0.595. The van der Waals surface area contributed by atoms with Gasteiger partial charge in [0.25, 0.3) is 10.0 Å². The molecule has 27 heavy (non-hydrogen) atoms. The molecular formula is C17H13KN2O6S-. The summed E-state index contributed by atoms with van der Waals surface area (Å²) in [5.74, 6) is -1.25. The van der Waals surface area contributed by atoms with Gasteiger partial charge in [-0.2, -0.15) is 0 Å². The van der Waals surface area contributed by atoms with Gasteiger partial charge in [0.15, 0.2) is 0 Å². The first-order valence-electron chi connectivity index (χ1n) is 7.36. The molecule has 2 N–H and O–H groups in total. The van der Waals surface area contributed by atoms with Crippen LogP contribution in [0.25, 0.3) is 10.9 Å². The number of carbonyl (C=O) groups excluding carboxylic acids is 1. The monoisotopic (exact) mass is 412 g/mol. The second-order valence-corrected chi connectivity index (χ2v) is 7.03. The molecule has 0 unspecified atom stereocenters. The minimum Gasteiger partial charge on any atom is -0.545 e. The number of aromatic amines is 1. The van der Waals surface area contributed by atoms with Gasteiger partial charge in [0.1, 0.15) is 5.75 Å². The third-order valence-corrected chi connectivity index (χ3v) is 5.06. The Bertz CT molecular complexity index is 1170. The molecule has 0 fully saturated rings. The van der Waals surface area contributed by atoms with Crippen molar-refractivity contribution < 1.29 is 23.1 Å². The van der Waals surface area contributed by atoms with E-state index in [1.54, 1.807) is 18.2 Å². The van der Waals surface area contributed by atoms with Crippen molar-refractivity contribution in [1.82, 2.24) is 4.98 Å². The van der Waals surface area contributed by atoms with Crippen LogP contribution in [0.5, 0.6) is 5.75 Å². The topological polar surface area (TPSA) is 128 Å². The molecular weight excluding hydrogens is 399 g/mol. The molecule has 1 aromatic heterocycles. The minimum absolute atomic E-state index is 0. The van der Waals surface area contributed by atoms with Crippen LogP contribution < -0.4 is 20.1 Å². The van der Waals surface area contributed by atoms with E-state index < -0.39 is 27.1 Å². The number of hydrogen-bond acceptors (Lipinski definition) is 6. The smallest absolute Gasteiger partial charge is 0.262 e. The fourth-order valence-corrected chi connectivity index (χ4v) is 3.60. The Balaban J connectivity index is 0.00000261. The van der Waals surface area contributed by atoms with Gasteiger partial charge in [-0.1, -0.05) is 12.1 Å². The Morgan fingerprint density at radius 1 is 1.15 bits per heavy atom. The van der Waals surface area contributed by atoms with Gasteiger partial charge < -0.3 is 19.6 Å². The number of ether oxygens (including phenoxy) is 1. The zero-order chi connectivity index (χ0) is 18.9. The Hall–Kier alpha value is -1.69. The van der Waals surface area contributed by atoms with E-state index in [2.05, 4.69) is 9.71 Å². The molecule has 0 amide bonds. The summed E-state index contributed by atoms with van der Waals surface area (Å²) in [5, 5.41) is 11.3. The van der Waals surface area contributed by atoms with E-state index in [1.165, 1.54) is 25.3 Å². The van der Waals surface area contributed by atoms with Crippen molar-refractivity contribution in [3.05, 3.63) is 64.4 Å². The zero-order valence-corrected chi connectivity index (χ0v) is 18.4. The number of methoxy groups -OCH3 is 1. The first-order valence-corrected chi connectivity index (χ1v) is 8.84. The number of benzene rings is 2. The van der Waals surface area contributed by atoms with Gasteiger partial charge in [-0.15, -0.1) is 0 Å². The Kier molecular flexibility index (Phi) is 6.84. The van der Waals surface area contributed by atoms with Crippen LogP contribution in [-0.2, 0) is 10.0 Å². The molecule has 2 aromatic carbocycles. The molecule has 0 spiro atoms. The number of H-pyrrole nitrogens is 1. The van der Waals surface area contributed by atoms with Crippen molar-refractivity contribution in [3.8, 4) is 5.75 Å². The molecule has 0 bridgehead atoms. The SMILES string of the molecule is COc1ccccc1NS(=O)(=O)c1ccc2[nH]c(=O)cc(C(=O)[O-])c2c1.[K]. The standard InChI is InChI=1S/C17H14N2O6S.K/c1-25-15-5-3-2-4-14(15)19-26(23,24)10-6-7-13-11(8-10)12(17(21)22)9-16(20)18-13;/h2-9,19H,1H3,(H,18,20)(H,21,22);/p-1. The van der Waals surface area contributed by atoms with E-state index in [0.717, 1.165) is 12.1 Å². The van der Waals surface area contributed by atoms with Crippen LogP contribution in [0.3, 0.4) is 0 Å². The molecule has 1 radical (unpaired) electrons. The molecule has 0 aliphatic rings. The first-order chi connectivity index (χ1) is 12.3. The van der Waals surface area contributed by atoms with Gasteiger partial charge in [-0.25, -0.2) is 8.42 Å². The number of aromatic nitrogens is 1. The largest absolute Gasteiger partial charge is 0.545 e. The molecule has 0 aliphatic heterocycles. The van der Waals surface area contributed by atoms with E-state index in [9.17, 15) is 23.1 Å². The number of carboxylic acids is 1. The van der Waals surface area contributed by atoms with Crippen LogP contribution >= 0.6 is 0 Å². The number of rotatable bonds is 5. The van der Waals surface area contributed by atoms with Gasteiger partial charge in [-0.05, 0) is 30.3 Å². The van der Waals surface area contributed by atoms with E-state index in [1.807, 2.05) is 0 Å². The number of hydrogen-bond donors (Lipinski definition) is 2. The van der Waals surface area contributed by atoms with Crippen LogP contribution in [0.15, 0.2) is 58.2 Å². The molecule has 0 aliphatic carbocycles. The second kappa shape index (κ2) is 8.55. The number of carbonyl (C=O) groups is 1. The molecule has 1 heterocycles. The first kappa shape index (κ1) is 21.6. The summed E-state index contributed by atoms with van der Waals surface area (Å²) in [6.45, 7) is 0. The van der Waals surface area contributed by atoms with Gasteiger partial charge in [0.05, 0.1) is 23.7 Å². The molecule has 3 aromatic rings. The van der Waals surface area contributed by atoms with Gasteiger partial charge in [0.2, 0.25) is 5.56 Å². The average molecular weight is 412 g/mol. The number of aromatic carboxylic acids is 1. The maximum absolute atomic E-state index is 12.7. The summed E-state index contributed by atoms with van der Waals surface area (Å²) in [4.78, 5) is 25.0. The minimum atomic E-state index is -4.03. The van der Waals surface area contributed by atoms with Crippen molar-refractivity contribution in [2.24, 2.45) is 0 Å². The summed E-state index contributed by atoms with van der Waals surface area (Å²) < 4.78 is 32.8. The Morgan fingerprint density at radius 3 is 2.52 bits per heavy atom. The molecule has 8 nitrogen and oxygen atoms in total. The molecule has 0 atom stereocenters. The van der Waals surface area contributed by atoms with Gasteiger partial charge in [-0.3, -0.25) is 9.52 Å². The third-order valence-electron chi connectivity index (χ3n) is 3.70. The number of sulfonamides is 1. The average Bonchev–Trinajstić information content (AvgIpc) is 2.60. The summed E-state index contributed by atoms with van der Waals surface area (Å²) in [7, 11) is -2.62. The number of pyridine rings is 1. The number of fused-ring (bicyclic) bond motifs is 1. The fourth-order valence-electron chi connectivity index (χ4n) is 2.50. The van der Waals surface area contributed by atoms with Crippen LogP contribution in [0.4, 0.5) is 5.69 Å². The van der Waals surface area contributed by atoms with Crippen LogP contribution in [0.2, 0.25) is 0 Å². The second-order valence-electron chi connectivity index (χ2n) is 5.35. The van der Waals surface area contributed by atoms with Crippen LogP contribution in [0, 0.1) is 0 Å². The van der Waals surface area contributed by atoms with Crippen molar-refractivity contribution >= 4 is 84.0 Å². The Labute approximate surface area is 197 Å². The van der Waals surface area contributed by atoms with Gasteiger partial charge >= 0.3 is 0 Å². The Morgan fingerprint density at radius 2 is 1.85 bits per heavy atom. The third kappa shape index (κ3) is 4.59. The number of anilines is 1. The predicted molar refractivity (Wildman–Crippen MR) is 98.5 cm³/mol. The quantitative estimate of drug-likeness (QED) is 0.581. The molecule has 10 heteroatoms. The molecule has 0 saturated heterocycles. The summed E-state index contributed by atoms with van der Waals surface area (Å²) >= 11 is 0. The number of carboxylic acid groups (broad SMARTS) is 1. The molecule has 0 saturated carbocycles. The van der Waals surface area contributed by atoms with Crippen molar-refractivity contribution in [2.45, 2.75) is 4.90 Å². The summed E-state index contributed by atoms with van der Waals surface area (Å²) in [6, 6.07) is 11.0. The van der Waals surface area contributed by atoms with E-state index in [-0.39, 0.29) is 72.9 Å². The van der Waals surface area contributed by atoms with Gasteiger partial charge in [0, 0.05) is 73.9 Å². The number of nitrogens with one attached hydrogen (secondary N) is 2. The van der Waals surface area contributed by atoms with Crippen LogP contribution in [0.1, 0.15) is 10.4 Å². The molecule has 3 rings (SSSR count). The van der Waals surface area contributed by atoms with E-state index >= 15 is 0 Å². The van der Waals surface area contributed by atoms with Crippen molar-refractivity contribution in [3.63, 3.8) is 0 Å². The summed E-state index contributed by atoms with van der Waals surface area (Å²) in [6.07, 6.45) is 0. The van der Waals surface area contributed by atoms with E-state index in [0.29, 0.717) is 5.75 Å². The van der Waals surface area contributed by atoms with Crippen molar-refractivity contribution in [2.75, 3.05) is 11.8 Å².